The zero-order valence-corrected chi connectivity index (χ0v) is 10.2. The molecule has 1 aliphatic rings. The zero-order valence-electron chi connectivity index (χ0n) is 10.2. The fourth-order valence-electron chi connectivity index (χ4n) is 2.51. The number of aromatic amines is 1. The van der Waals surface area contributed by atoms with Gasteiger partial charge in [0.25, 0.3) is 0 Å². The highest BCUT2D eigenvalue weighted by molar-refractivity contribution is 5.63. The van der Waals surface area contributed by atoms with Crippen LogP contribution in [0.3, 0.4) is 0 Å². The Hall–Kier alpha value is -1.68. The molecule has 0 saturated carbocycles. The fraction of sp³-hybridized carbons (Fsp3) is 0.357. The first-order valence-corrected chi connectivity index (χ1v) is 6.34. The van der Waals surface area contributed by atoms with E-state index in [1.54, 1.807) is 18.3 Å². The van der Waals surface area contributed by atoms with Crippen LogP contribution in [0.1, 0.15) is 18.4 Å². The molecule has 0 bridgehead atoms. The van der Waals surface area contributed by atoms with E-state index in [1.807, 2.05) is 6.07 Å². The van der Waals surface area contributed by atoms with Gasteiger partial charge in [0, 0.05) is 17.7 Å². The molecule has 3 rings (SSSR count). The van der Waals surface area contributed by atoms with Gasteiger partial charge >= 0.3 is 0 Å². The van der Waals surface area contributed by atoms with Crippen LogP contribution in [0.25, 0.3) is 11.3 Å². The lowest BCUT2D eigenvalue weighted by atomic mass is 10.1. The van der Waals surface area contributed by atoms with Gasteiger partial charge in [-0.3, -0.25) is 10.00 Å². The van der Waals surface area contributed by atoms with Crippen molar-refractivity contribution >= 4 is 0 Å². The van der Waals surface area contributed by atoms with Crippen molar-refractivity contribution in [2.45, 2.75) is 19.4 Å². The van der Waals surface area contributed by atoms with Crippen molar-refractivity contribution in [3.63, 3.8) is 0 Å². The Morgan fingerprint density at radius 2 is 2.00 bits per heavy atom. The van der Waals surface area contributed by atoms with Gasteiger partial charge in [0.15, 0.2) is 0 Å². The first kappa shape index (κ1) is 11.4. The predicted octanol–water partition coefficient (Wildman–Crippen LogP) is 2.81. The number of H-pyrrole nitrogens is 1. The van der Waals surface area contributed by atoms with Crippen molar-refractivity contribution < 1.29 is 4.39 Å². The predicted molar refractivity (Wildman–Crippen MR) is 68.5 cm³/mol. The second kappa shape index (κ2) is 4.90. The average molecular weight is 245 g/mol. The second-order valence-corrected chi connectivity index (χ2v) is 4.73. The topological polar surface area (TPSA) is 31.9 Å². The number of nitrogens with zero attached hydrogens (tertiary/aromatic N) is 2. The molecule has 0 amide bonds. The molecule has 2 heterocycles. The van der Waals surface area contributed by atoms with Gasteiger partial charge < -0.3 is 0 Å². The fourth-order valence-corrected chi connectivity index (χ4v) is 2.51. The quantitative estimate of drug-likeness (QED) is 0.901. The summed E-state index contributed by atoms with van der Waals surface area (Å²) >= 11 is 0. The summed E-state index contributed by atoms with van der Waals surface area (Å²) in [5.41, 5.74) is 2.48. The highest BCUT2D eigenvalue weighted by Crippen LogP contribution is 2.25. The van der Waals surface area contributed by atoms with Crippen LogP contribution in [-0.4, -0.2) is 28.2 Å². The average Bonchev–Trinajstić information content (AvgIpc) is 3.02. The van der Waals surface area contributed by atoms with E-state index in [0.717, 1.165) is 30.9 Å². The molecule has 1 saturated heterocycles. The summed E-state index contributed by atoms with van der Waals surface area (Å²) in [7, 11) is 0. The van der Waals surface area contributed by atoms with Crippen LogP contribution < -0.4 is 0 Å². The Labute approximate surface area is 106 Å². The smallest absolute Gasteiger partial charge is 0.132 e. The molecule has 0 spiro atoms. The minimum Gasteiger partial charge on any atom is -0.299 e. The zero-order chi connectivity index (χ0) is 12.4. The minimum absolute atomic E-state index is 0.204. The highest BCUT2D eigenvalue weighted by atomic mass is 19.1. The summed E-state index contributed by atoms with van der Waals surface area (Å²) < 4.78 is 13.8. The molecule has 1 aromatic heterocycles. The lowest BCUT2D eigenvalue weighted by molar-refractivity contribution is 0.332. The van der Waals surface area contributed by atoms with E-state index in [2.05, 4.69) is 15.1 Å². The third-order valence-electron chi connectivity index (χ3n) is 3.45. The van der Waals surface area contributed by atoms with Gasteiger partial charge in [-0.2, -0.15) is 5.10 Å². The van der Waals surface area contributed by atoms with Crippen molar-refractivity contribution in [2.75, 3.05) is 13.1 Å². The molecule has 0 atom stereocenters. The monoisotopic (exact) mass is 245 g/mol. The largest absolute Gasteiger partial charge is 0.299 e. The summed E-state index contributed by atoms with van der Waals surface area (Å²) in [5.74, 6) is -0.204. The van der Waals surface area contributed by atoms with E-state index in [4.69, 9.17) is 0 Å². The molecule has 18 heavy (non-hydrogen) atoms. The Bertz CT molecular complexity index is 529. The van der Waals surface area contributed by atoms with Crippen LogP contribution in [-0.2, 0) is 6.54 Å². The number of nitrogens with one attached hydrogen (secondary N) is 1. The van der Waals surface area contributed by atoms with Crippen molar-refractivity contribution in [3.8, 4) is 11.3 Å². The number of likely N-dealkylation sites (tertiary alicyclic amines) is 1. The van der Waals surface area contributed by atoms with Crippen molar-refractivity contribution in [1.82, 2.24) is 15.1 Å². The van der Waals surface area contributed by atoms with Gasteiger partial charge in [0.1, 0.15) is 5.82 Å². The van der Waals surface area contributed by atoms with Gasteiger partial charge in [0.05, 0.1) is 11.9 Å². The third-order valence-corrected chi connectivity index (χ3v) is 3.45. The van der Waals surface area contributed by atoms with Crippen molar-refractivity contribution in [2.24, 2.45) is 0 Å². The Balaban J connectivity index is 1.89. The molecule has 2 aromatic rings. The van der Waals surface area contributed by atoms with Crippen LogP contribution in [0.2, 0.25) is 0 Å². The molecule has 1 fully saturated rings. The van der Waals surface area contributed by atoms with E-state index in [0.29, 0.717) is 5.56 Å². The Kier molecular flexibility index (Phi) is 3.11. The molecule has 1 aliphatic heterocycles. The maximum atomic E-state index is 13.8. The first-order valence-electron chi connectivity index (χ1n) is 6.34. The lowest BCUT2D eigenvalue weighted by Crippen LogP contribution is -2.18. The first-order chi connectivity index (χ1) is 8.84. The molecular formula is C14H16FN3. The lowest BCUT2D eigenvalue weighted by Gasteiger charge is -2.14. The molecule has 0 aliphatic carbocycles. The molecule has 1 aromatic carbocycles. The molecule has 94 valence electrons. The second-order valence-electron chi connectivity index (χ2n) is 4.73. The van der Waals surface area contributed by atoms with Crippen LogP contribution in [0.4, 0.5) is 4.39 Å². The van der Waals surface area contributed by atoms with Gasteiger partial charge in [-0.25, -0.2) is 4.39 Å². The number of halogens is 1. The van der Waals surface area contributed by atoms with Crippen LogP contribution >= 0.6 is 0 Å². The number of hydrogen-bond acceptors (Lipinski definition) is 2. The van der Waals surface area contributed by atoms with Gasteiger partial charge in [-0.15, -0.1) is 0 Å². The van der Waals surface area contributed by atoms with Gasteiger partial charge in [-0.05, 0) is 38.1 Å². The molecule has 0 unspecified atom stereocenters. The number of hydrogen-bond donors (Lipinski definition) is 1. The van der Waals surface area contributed by atoms with Gasteiger partial charge in [-0.1, -0.05) is 12.1 Å². The van der Waals surface area contributed by atoms with E-state index < -0.39 is 0 Å². The van der Waals surface area contributed by atoms with E-state index >= 15 is 0 Å². The number of benzene rings is 1. The Morgan fingerprint density at radius 3 is 2.78 bits per heavy atom. The maximum Gasteiger partial charge on any atom is 0.132 e. The van der Waals surface area contributed by atoms with Crippen molar-refractivity contribution in [3.05, 3.63) is 41.8 Å². The molecule has 3 nitrogen and oxygen atoms in total. The molecule has 1 N–H and O–H groups in total. The minimum atomic E-state index is -0.204. The summed E-state index contributed by atoms with van der Waals surface area (Å²) in [4.78, 5) is 2.38. The highest BCUT2D eigenvalue weighted by Gasteiger charge is 2.16. The van der Waals surface area contributed by atoms with Crippen molar-refractivity contribution in [1.29, 1.82) is 0 Å². The van der Waals surface area contributed by atoms with Gasteiger partial charge in [0.2, 0.25) is 0 Å². The SMILES string of the molecule is Fc1ccccc1-c1[nH]ncc1CN1CCCC1. The molecule has 4 heteroatoms. The normalized spacial score (nSPS) is 16.3. The van der Waals surface area contributed by atoms with Crippen LogP contribution in [0, 0.1) is 5.82 Å². The summed E-state index contributed by atoms with van der Waals surface area (Å²) in [5, 5.41) is 6.98. The summed E-state index contributed by atoms with van der Waals surface area (Å²) in [6.45, 7) is 3.10. The maximum absolute atomic E-state index is 13.8. The molecule has 0 radical (unpaired) electrons. The molecular weight excluding hydrogens is 229 g/mol. The number of aromatic nitrogens is 2. The van der Waals surface area contributed by atoms with E-state index in [-0.39, 0.29) is 5.82 Å². The Morgan fingerprint density at radius 1 is 1.22 bits per heavy atom. The number of rotatable bonds is 3. The van der Waals surface area contributed by atoms with E-state index in [1.165, 1.54) is 18.9 Å². The summed E-state index contributed by atoms with van der Waals surface area (Å²) in [6, 6.07) is 6.82. The van der Waals surface area contributed by atoms with Crippen LogP contribution in [0.15, 0.2) is 30.5 Å². The standard InChI is InChI=1S/C14H16FN3/c15-13-6-2-1-5-12(13)14-11(9-16-17-14)10-18-7-3-4-8-18/h1-2,5-6,9H,3-4,7-8,10H2,(H,16,17). The van der Waals surface area contributed by atoms with E-state index in [9.17, 15) is 4.39 Å². The summed E-state index contributed by atoms with van der Waals surface area (Å²) in [6.07, 6.45) is 4.32. The van der Waals surface area contributed by atoms with Crippen LogP contribution in [0.5, 0.6) is 0 Å². The third kappa shape index (κ3) is 2.16.